The minimum Gasteiger partial charge on any atom is -0.342 e. The van der Waals surface area contributed by atoms with E-state index >= 15 is 0 Å². The number of benzene rings is 3. The summed E-state index contributed by atoms with van der Waals surface area (Å²) in [5.41, 5.74) is 7.46. The first kappa shape index (κ1) is 25.4. The van der Waals surface area contributed by atoms with E-state index in [1.54, 1.807) is 11.3 Å². The fraction of sp³-hybridized carbons (Fsp3) is 0.219. The second-order valence-corrected chi connectivity index (χ2v) is 14.8. The van der Waals surface area contributed by atoms with Crippen LogP contribution in [0.1, 0.15) is 25.7 Å². The van der Waals surface area contributed by atoms with E-state index in [1.165, 1.54) is 42.2 Å². The van der Waals surface area contributed by atoms with Gasteiger partial charge in [-0.15, -0.1) is 22.7 Å². The Kier molecular flexibility index (Phi) is 5.21. The summed E-state index contributed by atoms with van der Waals surface area (Å²) in [6.07, 6.45) is 3.57. The molecule has 3 aromatic carbocycles. The quantitative estimate of drug-likeness (QED) is 0.174. The zero-order chi connectivity index (χ0) is 29.3. The Morgan fingerprint density at radius 2 is 1.52 bits per heavy atom. The largest absolute Gasteiger partial charge is 0.342 e. The number of rotatable bonds is 2. The third-order valence-corrected chi connectivity index (χ3v) is 13.0. The molecule has 214 valence electrons. The number of ketones is 2. The maximum Gasteiger partial charge on any atom is 0.243 e. The van der Waals surface area contributed by atoms with Gasteiger partial charge in [0.25, 0.3) is 0 Å². The highest BCUT2D eigenvalue weighted by atomic mass is 32.1. The van der Waals surface area contributed by atoms with Crippen LogP contribution in [0.15, 0.2) is 47.5 Å². The zero-order valence-electron chi connectivity index (χ0n) is 23.2. The average Bonchev–Trinajstić information content (AvgIpc) is 3.89. The molecule has 0 saturated heterocycles. The normalized spacial score (nSPS) is 20.2. The molecule has 0 spiro atoms. The fourth-order valence-electron chi connectivity index (χ4n) is 7.38. The van der Waals surface area contributed by atoms with E-state index in [0.29, 0.717) is 16.9 Å². The number of thiophene rings is 2. The van der Waals surface area contributed by atoms with Crippen LogP contribution in [0, 0.1) is 11.8 Å². The zero-order valence-corrected chi connectivity index (χ0v) is 26.4. The highest BCUT2D eigenvalue weighted by Crippen LogP contribution is 2.48. The SMILES string of the molecule is Cn1c2cc(-c3cc4c(cc(N=C5C(=O)C(=O)C6CCCCC56)c5nsnc54)c4nsnc34)sc2c2sc3ccccc3c21. The van der Waals surface area contributed by atoms with Gasteiger partial charge in [0.15, 0.2) is 0 Å². The number of carbonyl (C=O) groups excluding carboxylic acids is 2. The maximum absolute atomic E-state index is 13.1. The lowest BCUT2D eigenvalue weighted by molar-refractivity contribution is -0.134. The van der Waals surface area contributed by atoms with Gasteiger partial charge in [-0.3, -0.25) is 9.59 Å². The number of aliphatic imine (C=N–C) groups is 1. The standard InChI is InChI=1S/C32H20N6O2S4/c1-38-20-12-22(42-31(20)32-28(38)15-8-4-5-9-21(15)41-32)18-10-16-17(23-25(18)36-43-34-23)11-19(27-24(16)35-44-37-27)33-26-13-6-2-3-7-14(13)29(39)30(26)40/h4-5,8-14H,2-3,6-7H2,1H3. The number of Topliss-reactive ketones (excluding diaryl/α,β-unsaturated/α-hetero) is 2. The second kappa shape index (κ2) is 9.04. The minimum absolute atomic E-state index is 0.107. The first-order chi connectivity index (χ1) is 21.6. The summed E-state index contributed by atoms with van der Waals surface area (Å²) in [6, 6.07) is 15.0. The molecule has 8 nitrogen and oxygen atoms in total. The van der Waals surface area contributed by atoms with Crippen molar-refractivity contribution < 1.29 is 9.59 Å². The molecule has 0 aliphatic heterocycles. The Labute approximate surface area is 265 Å². The molecule has 2 atom stereocenters. The molecule has 8 aromatic rings. The summed E-state index contributed by atoms with van der Waals surface area (Å²) in [6.45, 7) is 0. The van der Waals surface area contributed by atoms with Gasteiger partial charge in [-0.25, -0.2) is 4.99 Å². The van der Waals surface area contributed by atoms with Gasteiger partial charge in [0.05, 0.1) is 55.3 Å². The molecule has 44 heavy (non-hydrogen) atoms. The van der Waals surface area contributed by atoms with Gasteiger partial charge >= 0.3 is 0 Å². The van der Waals surface area contributed by atoms with Crippen LogP contribution in [0.4, 0.5) is 5.69 Å². The van der Waals surface area contributed by atoms with E-state index in [2.05, 4.69) is 52.4 Å². The lowest BCUT2D eigenvalue weighted by Crippen LogP contribution is -2.21. The topological polar surface area (TPSA) is 103 Å². The number of hydrogen-bond acceptors (Lipinski definition) is 11. The lowest BCUT2D eigenvalue weighted by Gasteiger charge is -2.22. The Hall–Kier alpha value is -3.97. The highest BCUT2D eigenvalue weighted by molar-refractivity contribution is 7.32. The first-order valence-electron chi connectivity index (χ1n) is 14.5. The van der Waals surface area contributed by atoms with Gasteiger partial charge in [0, 0.05) is 50.2 Å². The number of aromatic nitrogens is 5. The number of fused-ring (bicyclic) bond motifs is 11. The third-order valence-electron chi connectivity index (χ3n) is 9.45. The van der Waals surface area contributed by atoms with Gasteiger partial charge in [-0.1, -0.05) is 31.0 Å². The van der Waals surface area contributed by atoms with Gasteiger partial charge in [0.2, 0.25) is 11.6 Å². The molecular weight excluding hydrogens is 629 g/mol. The van der Waals surface area contributed by atoms with Crippen molar-refractivity contribution in [1.82, 2.24) is 22.1 Å². The van der Waals surface area contributed by atoms with Crippen LogP contribution in [0.3, 0.4) is 0 Å². The second-order valence-electron chi connectivity index (χ2n) is 11.7. The Morgan fingerprint density at radius 1 is 0.795 bits per heavy atom. The number of nitrogens with zero attached hydrogens (tertiary/aromatic N) is 6. The van der Waals surface area contributed by atoms with Crippen molar-refractivity contribution in [2.24, 2.45) is 23.9 Å². The number of carbonyl (C=O) groups is 2. The van der Waals surface area contributed by atoms with Crippen LogP contribution in [0.25, 0.3) is 73.8 Å². The summed E-state index contributed by atoms with van der Waals surface area (Å²) >= 11 is 5.95. The highest BCUT2D eigenvalue weighted by Gasteiger charge is 2.47. The first-order valence-corrected chi connectivity index (χ1v) is 17.6. The fourth-order valence-corrected chi connectivity index (χ4v) is 11.1. The number of hydrogen-bond donors (Lipinski definition) is 0. The molecule has 0 N–H and O–H groups in total. The molecule has 2 fully saturated rings. The molecule has 0 bridgehead atoms. The van der Waals surface area contributed by atoms with E-state index in [4.69, 9.17) is 18.1 Å². The van der Waals surface area contributed by atoms with E-state index in [-0.39, 0.29) is 17.6 Å². The van der Waals surface area contributed by atoms with Crippen molar-refractivity contribution in [2.45, 2.75) is 25.7 Å². The predicted molar refractivity (Wildman–Crippen MR) is 181 cm³/mol. The molecule has 2 unspecified atom stereocenters. The van der Waals surface area contributed by atoms with Crippen molar-refractivity contribution in [2.75, 3.05) is 0 Å². The summed E-state index contributed by atoms with van der Waals surface area (Å²) in [7, 11) is 2.15. The van der Waals surface area contributed by atoms with Crippen molar-refractivity contribution in [3.8, 4) is 10.4 Å². The van der Waals surface area contributed by atoms with Crippen LogP contribution in [-0.2, 0) is 16.6 Å². The lowest BCUT2D eigenvalue weighted by atomic mass is 9.81. The van der Waals surface area contributed by atoms with Crippen molar-refractivity contribution >= 4 is 132 Å². The van der Waals surface area contributed by atoms with Crippen LogP contribution in [0.2, 0.25) is 0 Å². The third kappa shape index (κ3) is 3.28. The maximum atomic E-state index is 13.1. The van der Waals surface area contributed by atoms with E-state index in [9.17, 15) is 9.59 Å². The molecule has 2 aliphatic rings. The van der Waals surface area contributed by atoms with Gasteiger partial charge in [0.1, 0.15) is 22.1 Å². The van der Waals surface area contributed by atoms with Gasteiger partial charge in [-0.05, 0) is 37.1 Å². The van der Waals surface area contributed by atoms with Crippen LogP contribution >= 0.6 is 46.1 Å². The molecule has 5 aromatic heterocycles. The average molecular weight is 649 g/mol. The molecular formula is C32H20N6O2S4. The van der Waals surface area contributed by atoms with Crippen molar-refractivity contribution in [3.05, 3.63) is 42.5 Å². The molecule has 10 rings (SSSR count). The molecule has 0 radical (unpaired) electrons. The van der Waals surface area contributed by atoms with Gasteiger partial charge in [-0.2, -0.15) is 17.5 Å². The summed E-state index contributed by atoms with van der Waals surface area (Å²) in [4.78, 5) is 31.9. The molecule has 0 amide bonds. The Bertz CT molecular complexity index is 2600. The smallest absolute Gasteiger partial charge is 0.243 e. The molecule has 2 aliphatic carbocycles. The minimum atomic E-state index is -0.438. The van der Waals surface area contributed by atoms with Crippen LogP contribution in [-0.4, -0.2) is 39.3 Å². The number of aryl methyl sites for hydroxylation is 1. The Morgan fingerprint density at radius 3 is 2.39 bits per heavy atom. The monoisotopic (exact) mass is 648 g/mol. The predicted octanol–water partition coefficient (Wildman–Crippen LogP) is 8.47. The summed E-state index contributed by atoms with van der Waals surface area (Å²) < 4.78 is 25.0. The molecule has 12 heteroatoms. The van der Waals surface area contributed by atoms with Gasteiger partial charge < -0.3 is 4.57 Å². The van der Waals surface area contributed by atoms with Crippen molar-refractivity contribution in [3.63, 3.8) is 0 Å². The molecule has 2 saturated carbocycles. The van der Waals surface area contributed by atoms with E-state index in [0.717, 1.165) is 75.2 Å². The van der Waals surface area contributed by atoms with Crippen LogP contribution < -0.4 is 0 Å². The van der Waals surface area contributed by atoms with Crippen LogP contribution in [0.5, 0.6) is 0 Å². The van der Waals surface area contributed by atoms with E-state index in [1.807, 2.05) is 17.4 Å². The summed E-state index contributed by atoms with van der Waals surface area (Å²) in [5, 5.41) is 3.10. The van der Waals surface area contributed by atoms with E-state index < -0.39 is 5.78 Å². The van der Waals surface area contributed by atoms with Crippen molar-refractivity contribution in [1.29, 1.82) is 0 Å². The molecule has 5 heterocycles. The summed E-state index contributed by atoms with van der Waals surface area (Å²) in [5.74, 6) is -1.06. The Balaban J connectivity index is 1.19.